The zero-order chi connectivity index (χ0) is 14.1. The molecular formula is C16H11NO3. The molecule has 2 aromatic carbocycles. The third-order valence-electron chi connectivity index (χ3n) is 3.18. The summed E-state index contributed by atoms with van der Waals surface area (Å²) in [6.07, 6.45) is 0. The van der Waals surface area contributed by atoms with Crippen LogP contribution in [0.4, 0.5) is 0 Å². The molecule has 0 saturated carbocycles. The first kappa shape index (κ1) is 12.2. The monoisotopic (exact) mass is 265 g/mol. The molecule has 3 rings (SSSR count). The number of pyridine rings is 1. The molecule has 0 aliphatic heterocycles. The lowest BCUT2D eigenvalue weighted by Crippen LogP contribution is -2.16. The van der Waals surface area contributed by atoms with Crippen LogP contribution in [0.5, 0.6) is 0 Å². The molecule has 4 heteroatoms. The maximum absolute atomic E-state index is 11.6. The van der Waals surface area contributed by atoms with Crippen LogP contribution in [-0.4, -0.2) is 16.1 Å². The lowest BCUT2D eigenvalue weighted by molar-refractivity contribution is 0.0695. The van der Waals surface area contributed by atoms with Crippen LogP contribution in [0.15, 0.2) is 59.4 Å². The van der Waals surface area contributed by atoms with Crippen molar-refractivity contribution in [2.75, 3.05) is 0 Å². The maximum atomic E-state index is 11.6. The number of aromatic amines is 1. The Morgan fingerprint density at radius 2 is 1.70 bits per heavy atom. The Morgan fingerprint density at radius 3 is 2.40 bits per heavy atom. The first-order chi connectivity index (χ1) is 9.65. The van der Waals surface area contributed by atoms with Crippen molar-refractivity contribution in [2.45, 2.75) is 0 Å². The second kappa shape index (κ2) is 4.66. The molecule has 0 bridgehead atoms. The Bertz CT molecular complexity index is 850. The maximum Gasteiger partial charge on any atom is 0.341 e. The molecule has 1 heterocycles. The molecule has 2 N–H and O–H groups in total. The molecule has 0 unspecified atom stereocenters. The van der Waals surface area contributed by atoms with E-state index in [0.717, 1.165) is 11.1 Å². The van der Waals surface area contributed by atoms with Crippen molar-refractivity contribution in [3.63, 3.8) is 0 Å². The van der Waals surface area contributed by atoms with Crippen LogP contribution in [0.2, 0.25) is 0 Å². The van der Waals surface area contributed by atoms with Gasteiger partial charge in [0.05, 0.1) is 0 Å². The second-order valence-corrected chi connectivity index (χ2v) is 4.49. The molecule has 0 radical (unpaired) electrons. The van der Waals surface area contributed by atoms with Crippen molar-refractivity contribution >= 4 is 16.9 Å². The summed E-state index contributed by atoms with van der Waals surface area (Å²) in [5.74, 6) is -1.22. The van der Waals surface area contributed by atoms with Gasteiger partial charge in [0, 0.05) is 5.52 Å². The van der Waals surface area contributed by atoms with E-state index in [0.29, 0.717) is 10.9 Å². The van der Waals surface area contributed by atoms with Crippen molar-refractivity contribution in [3.05, 3.63) is 70.5 Å². The van der Waals surface area contributed by atoms with Gasteiger partial charge in [-0.15, -0.1) is 0 Å². The van der Waals surface area contributed by atoms with Crippen LogP contribution in [-0.2, 0) is 0 Å². The first-order valence-electron chi connectivity index (χ1n) is 6.11. The van der Waals surface area contributed by atoms with Crippen molar-refractivity contribution in [3.8, 4) is 11.1 Å². The summed E-state index contributed by atoms with van der Waals surface area (Å²) in [7, 11) is 0. The van der Waals surface area contributed by atoms with Crippen molar-refractivity contribution in [1.82, 2.24) is 4.98 Å². The fourth-order valence-electron chi connectivity index (χ4n) is 2.18. The summed E-state index contributed by atoms with van der Waals surface area (Å²) >= 11 is 0. The van der Waals surface area contributed by atoms with Gasteiger partial charge in [0.2, 0.25) is 0 Å². The summed E-state index contributed by atoms with van der Waals surface area (Å²) < 4.78 is 0. The number of nitrogens with one attached hydrogen (secondary N) is 1. The molecule has 0 atom stereocenters. The van der Waals surface area contributed by atoms with Gasteiger partial charge in [0.15, 0.2) is 0 Å². The van der Waals surface area contributed by atoms with Crippen LogP contribution < -0.4 is 5.56 Å². The van der Waals surface area contributed by atoms with Gasteiger partial charge in [-0.1, -0.05) is 36.4 Å². The highest BCUT2D eigenvalue weighted by Crippen LogP contribution is 2.23. The van der Waals surface area contributed by atoms with Gasteiger partial charge in [0.1, 0.15) is 5.56 Å². The topological polar surface area (TPSA) is 70.2 Å². The number of benzene rings is 2. The van der Waals surface area contributed by atoms with Crippen molar-refractivity contribution < 1.29 is 9.90 Å². The summed E-state index contributed by atoms with van der Waals surface area (Å²) in [5.41, 5.74) is 1.80. The summed E-state index contributed by atoms with van der Waals surface area (Å²) in [6.45, 7) is 0. The van der Waals surface area contributed by atoms with Gasteiger partial charge in [-0.05, 0) is 34.7 Å². The minimum Gasteiger partial charge on any atom is -0.477 e. The predicted molar refractivity (Wildman–Crippen MR) is 77.0 cm³/mol. The number of aromatic carboxylic acids is 1. The second-order valence-electron chi connectivity index (χ2n) is 4.49. The van der Waals surface area contributed by atoms with Gasteiger partial charge in [-0.2, -0.15) is 0 Å². The fraction of sp³-hybridized carbons (Fsp3) is 0. The average molecular weight is 265 g/mol. The summed E-state index contributed by atoms with van der Waals surface area (Å²) in [4.78, 5) is 25.2. The highest BCUT2D eigenvalue weighted by atomic mass is 16.4. The van der Waals surface area contributed by atoms with E-state index in [-0.39, 0.29) is 5.56 Å². The fourth-order valence-corrected chi connectivity index (χ4v) is 2.18. The average Bonchev–Trinajstić information content (AvgIpc) is 2.47. The van der Waals surface area contributed by atoms with Crippen LogP contribution in [0.1, 0.15) is 10.4 Å². The lowest BCUT2D eigenvalue weighted by atomic mass is 10.0. The zero-order valence-corrected chi connectivity index (χ0v) is 10.5. The third-order valence-corrected chi connectivity index (χ3v) is 3.18. The van der Waals surface area contributed by atoms with Crippen LogP contribution in [0.3, 0.4) is 0 Å². The van der Waals surface area contributed by atoms with Gasteiger partial charge in [-0.25, -0.2) is 4.79 Å². The molecule has 0 spiro atoms. The van der Waals surface area contributed by atoms with E-state index in [2.05, 4.69) is 4.98 Å². The molecule has 0 aliphatic carbocycles. The molecule has 3 aromatic rings. The number of H-pyrrole nitrogens is 1. The van der Waals surface area contributed by atoms with E-state index in [1.54, 1.807) is 6.07 Å². The minimum atomic E-state index is -1.22. The van der Waals surface area contributed by atoms with E-state index >= 15 is 0 Å². The number of carboxylic acids is 1. The SMILES string of the molecule is O=C(O)c1cc2cc(-c3ccccc3)ccc2[nH]c1=O. The van der Waals surface area contributed by atoms with Crippen LogP contribution in [0.25, 0.3) is 22.0 Å². The Hall–Kier alpha value is -2.88. The molecule has 0 amide bonds. The standard InChI is InChI=1S/C16H11NO3/c18-15-13(16(19)20)9-12-8-11(6-7-14(12)17-15)10-4-2-1-3-5-10/h1-9H,(H,17,18)(H,19,20). The number of hydrogen-bond acceptors (Lipinski definition) is 2. The van der Waals surface area contributed by atoms with Crippen LogP contribution >= 0.6 is 0 Å². The molecule has 0 fully saturated rings. The van der Waals surface area contributed by atoms with Gasteiger partial charge in [-0.3, -0.25) is 4.79 Å². The quantitative estimate of drug-likeness (QED) is 0.748. The van der Waals surface area contributed by atoms with E-state index in [1.165, 1.54) is 6.07 Å². The number of fused-ring (bicyclic) bond motifs is 1. The van der Waals surface area contributed by atoms with E-state index < -0.39 is 11.5 Å². The summed E-state index contributed by atoms with van der Waals surface area (Å²) in [6, 6.07) is 16.7. The molecule has 0 saturated heterocycles. The molecule has 0 aliphatic rings. The first-order valence-corrected chi connectivity index (χ1v) is 6.11. The largest absolute Gasteiger partial charge is 0.477 e. The number of hydrogen-bond donors (Lipinski definition) is 2. The highest BCUT2D eigenvalue weighted by molar-refractivity contribution is 5.93. The highest BCUT2D eigenvalue weighted by Gasteiger charge is 2.10. The van der Waals surface area contributed by atoms with Crippen LogP contribution in [0, 0.1) is 0 Å². The summed E-state index contributed by atoms with van der Waals surface area (Å²) in [5, 5.41) is 9.69. The van der Waals surface area contributed by atoms with Gasteiger partial charge >= 0.3 is 5.97 Å². The molecular weight excluding hydrogens is 254 g/mol. The molecule has 1 aromatic heterocycles. The normalized spacial score (nSPS) is 10.6. The van der Waals surface area contributed by atoms with Gasteiger partial charge in [0.25, 0.3) is 5.56 Å². The Balaban J connectivity index is 2.23. The smallest absolute Gasteiger partial charge is 0.341 e. The number of carbonyl (C=O) groups is 1. The van der Waals surface area contributed by atoms with Crippen molar-refractivity contribution in [1.29, 1.82) is 0 Å². The van der Waals surface area contributed by atoms with Crippen molar-refractivity contribution in [2.24, 2.45) is 0 Å². The third kappa shape index (κ3) is 2.07. The molecule has 20 heavy (non-hydrogen) atoms. The Kier molecular flexibility index (Phi) is 2.84. The minimum absolute atomic E-state index is 0.247. The lowest BCUT2D eigenvalue weighted by Gasteiger charge is -2.05. The number of rotatable bonds is 2. The van der Waals surface area contributed by atoms with E-state index in [4.69, 9.17) is 5.11 Å². The predicted octanol–water partition coefficient (Wildman–Crippen LogP) is 2.89. The zero-order valence-electron chi connectivity index (χ0n) is 10.5. The van der Waals surface area contributed by atoms with Gasteiger partial charge < -0.3 is 10.1 Å². The Morgan fingerprint density at radius 1 is 0.950 bits per heavy atom. The van der Waals surface area contributed by atoms with E-state index in [1.807, 2.05) is 42.5 Å². The molecule has 98 valence electrons. The number of carboxylic acid groups (broad SMARTS) is 1. The number of aromatic nitrogens is 1. The molecule has 4 nitrogen and oxygen atoms in total. The van der Waals surface area contributed by atoms with E-state index in [9.17, 15) is 9.59 Å². The Labute approximate surface area is 114 Å².